The van der Waals surface area contributed by atoms with Crippen LogP contribution in [0.4, 0.5) is 0 Å². The molecule has 2 aliphatic heterocycles. The number of nitrogens with zero attached hydrogens (tertiary/aromatic N) is 2. The van der Waals surface area contributed by atoms with Gasteiger partial charge in [-0.25, -0.2) is 0 Å². The quantitative estimate of drug-likeness (QED) is 0.736. The maximum Gasteiger partial charge on any atom is 0.281 e. The summed E-state index contributed by atoms with van der Waals surface area (Å²) < 4.78 is 28.1. The summed E-state index contributed by atoms with van der Waals surface area (Å²) in [6, 6.07) is 0. The number of piperidine rings is 1. The van der Waals surface area contributed by atoms with E-state index < -0.39 is 10.2 Å². The largest absolute Gasteiger partial charge is 0.281 e. The molecule has 0 aromatic carbocycles. The van der Waals surface area contributed by atoms with Crippen molar-refractivity contribution >= 4 is 21.8 Å². The van der Waals surface area contributed by atoms with Gasteiger partial charge in [-0.1, -0.05) is 6.92 Å². The van der Waals surface area contributed by atoms with Crippen LogP contribution in [0.1, 0.15) is 26.2 Å². The minimum absolute atomic E-state index is 0.327. The van der Waals surface area contributed by atoms with Gasteiger partial charge in [0.05, 0.1) is 0 Å². The molecule has 2 fully saturated rings. The average Bonchev–Trinajstić information content (AvgIpc) is 2.78. The van der Waals surface area contributed by atoms with E-state index >= 15 is 0 Å². The molecular weight excluding hydrogens is 260 g/mol. The third-order valence-corrected chi connectivity index (χ3v) is 6.14. The van der Waals surface area contributed by atoms with Gasteiger partial charge in [0.15, 0.2) is 0 Å². The Hall–Kier alpha value is 0.160. The van der Waals surface area contributed by atoms with Crippen molar-refractivity contribution in [2.45, 2.75) is 26.2 Å². The first-order chi connectivity index (χ1) is 8.04. The van der Waals surface area contributed by atoms with Gasteiger partial charge < -0.3 is 0 Å². The van der Waals surface area contributed by atoms with E-state index in [1.54, 1.807) is 8.61 Å². The van der Waals surface area contributed by atoms with Gasteiger partial charge in [-0.15, -0.1) is 11.6 Å². The second-order valence-corrected chi connectivity index (χ2v) is 7.52. The summed E-state index contributed by atoms with van der Waals surface area (Å²) in [5, 5.41) is 0. The highest BCUT2D eigenvalue weighted by Crippen LogP contribution is 2.25. The molecule has 17 heavy (non-hydrogen) atoms. The molecule has 0 aromatic rings. The summed E-state index contributed by atoms with van der Waals surface area (Å²) in [5.74, 6) is 1.36. The molecule has 100 valence electrons. The van der Waals surface area contributed by atoms with Gasteiger partial charge in [0.2, 0.25) is 0 Å². The Morgan fingerprint density at radius 1 is 1.18 bits per heavy atom. The molecule has 2 atom stereocenters. The lowest BCUT2D eigenvalue weighted by Gasteiger charge is -2.33. The van der Waals surface area contributed by atoms with Crippen molar-refractivity contribution in [3.05, 3.63) is 0 Å². The normalized spacial score (nSPS) is 33.1. The van der Waals surface area contributed by atoms with Crippen LogP contribution in [0.2, 0.25) is 0 Å². The highest BCUT2D eigenvalue weighted by molar-refractivity contribution is 7.86. The Kier molecular flexibility index (Phi) is 4.34. The van der Waals surface area contributed by atoms with Crippen molar-refractivity contribution in [1.82, 2.24) is 8.61 Å². The number of rotatable bonds is 3. The minimum atomic E-state index is -3.23. The highest BCUT2D eigenvalue weighted by atomic mass is 35.5. The fraction of sp³-hybridized carbons (Fsp3) is 1.00. The summed E-state index contributed by atoms with van der Waals surface area (Å²) in [6.45, 7) is 4.69. The van der Waals surface area contributed by atoms with Crippen LogP contribution in [-0.4, -0.2) is 49.1 Å². The van der Waals surface area contributed by atoms with E-state index in [1.165, 1.54) is 0 Å². The van der Waals surface area contributed by atoms with Gasteiger partial charge in [0.1, 0.15) is 0 Å². The molecule has 0 bridgehead atoms. The monoisotopic (exact) mass is 280 g/mol. The summed E-state index contributed by atoms with van der Waals surface area (Å²) >= 11 is 5.80. The lowest BCUT2D eigenvalue weighted by atomic mass is 10.0. The van der Waals surface area contributed by atoms with Crippen molar-refractivity contribution < 1.29 is 8.42 Å². The molecule has 0 aromatic heterocycles. The summed E-state index contributed by atoms with van der Waals surface area (Å²) in [5.41, 5.74) is 0. The van der Waals surface area contributed by atoms with Crippen LogP contribution in [0.3, 0.4) is 0 Å². The maximum absolute atomic E-state index is 12.4. The predicted molar refractivity (Wildman–Crippen MR) is 69.3 cm³/mol. The van der Waals surface area contributed by atoms with E-state index in [0.29, 0.717) is 43.9 Å². The van der Waals surface area contributed by atoms with Crippen LogP contribution in [-0.2, 0) is 10.2 Å². The van der Waals surface area contributed by atoms with Crippen molar-refractivity contribution in [3.63, 3.8) is 0 Å². The van der Waals surface area contributed by atoms with Crippen LogP contribution in [0.25, 0.3) is 0 Å². The van der Waals surface area contributed by atoms with E-state index in [0.717, 1.165) is 19.3 Å². The highest BCUT2D eigenvalue weighted by Gasteiger charge is 2.36. The van der Waals surface area contributed by atoms with Crippen LogP contribution in [0.5, 0.6) is 0 Å². The van der Waals surface area contributed by atoms with Crippen LogP contribution in [0.15, 0.2) is 0 Å². The molecule has 0 N–H and O–H groups in total. The number of halogens is 1. The Balaban J connectivity index is 2.03. The Bertz CT molecular complexity index is 360. The first-order valence-corrected chi connectivity index (χ1v) is 8.28. The third kappa shape index (κ3) is 2.95. The van der Waals surface area contributed by atoms with Crippen LogP contribution >= 0.6 is 11.6 Å². The molecule has 2 rings (SSSR count). The summed E-state index contributed by atoms with van der Waals surface area (Å²) in [7, 11) is -3.23. The topological polar surface area (TPSA) is 40.6 Å². The van der Waals surface area contributed by atoms with Gasteiger partial charge in [0, 0.05) is 32.1 Å². The van der Waals surface area contributed by atoms with E-state index in [1.807, 2.05) is 0 Å². The molecule has 0 spiro atoms. The van der Waals surface area contributed by atoms with Gasteiger partial charge >= 0.3 is 0 Å². The lowest BCUT2D eigenvalue weighted by Crippen LogP contribution is -2.46. The molecule has 6 heteroatoms. The molecule has 0 radical (unpaired) electrons. The molecule has 0 saturated carbocycles. The molecule has 2 saturated heterocycles. The van der Waals surface area contributed by atoms with Crippen molar-refractivity contribution in [1.29, 1.82) is 0 Å². The zero-order valence-electron chi connectivity index (χ0n) is 10.3. The Morgan fingerprint density at radius 2 is 1.88 bits per heavy atom. The van der Waals surface area contributed by atoms with Crippen LogP contribution in [0, 0.1) is 11.8 Å². The lowest BCUT2D eigenvalue weighted by molar-refractivity contribution is 0.263. The molecule has 4 nitrogen and oxygen atoms in total. The van der Waals surface area contributed by atoms with Crippen molar-refractivity contribution in [2.24, 2.45) is 11.8 Å². The summed E-state index contributed by atoms with van der Waals surface area (Å²) in [4.78, 5) is 0. The van der Waals surface area contributed by atoms with E-state index in [4.69, 9.17) is 11.6 Å². The SMILES string of the molecule is CC1CCCN(S(=O)(=O)N2CCC(CCl)C2)C1. The second kappa shape index (κ2) is 5.43. The molecule has 2 heterocycles. The zero-order chi connectivity index (χ0) is 12.5. The van der Waals surface area contributed by atoms with Gasteiger partial charge in [0.25, 0.3) is 10.2 Å². The third-order valence-electron chi connectivity index (χ3n) is 3.74. The molecular formula is C11H21ClN2O2S. The fourth-order valence-corrected chi connectivity index (χ4v) is 4.77. The van der Waals surface area contributed by atoms with Gasteiger partial charge in [-0.3, -0.25) is 0 Å². The fourth-order valence-electron chi connectivity index (χ4n) is 2.65. The Morgan fingerprint density at radius 3 is 2.47 bits per heavy atom. The maximum atomic E-state index is 12.4. The van der Waals surface area contributed by atoms with E-state index in [-0.39, 0.29) is 0 Å². The first-order valence-electron chi connectivity index (χ1n) is 6.35. The van der Waals surface area contributed by atoms with Crippen molar-refractivity contribution in [2.75, 3.05) is 32.1 Å². The second-order valence-electron chi connectivity index (χ2n) is 5.28. The zero-order valence-corrected chi connectivity index (χ0v) is 11.9. The molecule has 2 aliphatic rings. The number of alkyl halides is 1. The number of hydrogen-bond donors (Lipinski definition) is 0. The molecule has 2 unspecified atom stereocenters. The van der Waals surface area contributed by atoms with Gasteiger partial charge in [-0.2, -0.15) is 17.0 Å². The van der Waals surface area contributed by atoms with E-state index in [2.05, 4.69) is 6.92 Å². The standard InChI is InChI=1S/C11H21ClN2O2S/c1-10-3-2-5-13(8-10)17(15,16)14-6-4-11(7-12)9-14/h10-11H,2-9H2,1H3. The van der Waals surface area contributed by atoms with Gasteiger partial charge in [-0.05, 0) is 31.1 Å². The molecule has 0 aliphatic carbocycles. The first kappa shape index (κ1) is 13.6. The minimum Gasteiger partial charge on any atom is -0.195 e. The van der Waals surface area contributed by atoms with Crippen LogP contribution < -0.4 is 0 Å². The smallest absolute Gasteiger partial charge is 0.195 e. The Labute approximate surface area is 109 Å². The molecule has 0 amide bonds. The summed E-state index contributed by atoms with van der Waals surface area (Å²) in [6.07, 6.45) is 3.01. The van der Waals surface area contributed by atoms with Crippen molar-refractivity contribution in [3.8, 4) is 0 Å². The van der Waals surface area contributed by atoms with E-state index in [9.17, 15) is 8.42 Å². The number of hydrogen-bond acceptors (Lipinski definition) is 2. The average molecular weight is 281 g/mol. The predicted octanol–water partition coefficient (Wildman–Crippen LogP) is 1.52.